The maximum absolute atomic E-state index is 12.4. The monoisotopic (exact) mass is 397 g/mol. The molecule has 4 rings (SSSR count). The van der Waals surface area contributed by atoms with Crippen LogP contribution in [-0.4, -0.2) is 47.3 Å². The number of methoxy groups -OCH3 is 1. The van der Waals surface area contributed by atoms with Gasteiger partial charge in [-0.2, -0.15) is 0 Å². The van der Waals surface area contributed by atoms with E-state index in [2.05, 4.69) is 20.2 Å². The SMILES string of the molecule is COc1cc2nc(N3CCC(C=O)CC3)sc2cc1NC(=O)c1ccncn1. The minimum absolute atomic E-state index is 0.148. The van der Waals surface area contributed by atoms with Crippen LogP contribution >= 0.6 is 11.3 Å². The molecule has 1 N–H and O–H groups in total. The van der Waals surface area contributed by atoms with Crippen LogP contribution in [0.2, 0.25) is 0 Å². The molecule has 144 valence electrons. The highest BCUT2D eigenvalue weighted by atomic mass is 32.1. The number of amides is 1. The van der Waals surface area contributed by atoms with Crippen LogP contribution in [0.1, 0.15) is 23.3 Å². The van der Waals surface area contributed by atoms with Gasteiger partial charge < -0.3 is 19.7 Å². The smallest absolute Gasteiger partial charge is 0.274 e. The Balaban J connectivity index is 1.60. The first-order valence-corrected chi connectivity index (χ1v) is 9.75. The van der Waals surface area contributed by atoms with Gasteiger partial charge in [-0.1, -0.05) is 11.3 Å². The number of carbonyl (C=O) groups is 2. The number of ether oxygens (including phenoxy) is 1. The van der Waals surface area contributed by atoms with E-state index in [0.29, 0.717) is 11.4 Å². The normalized spacial score (nSPS) is 14.8. The Hall–Kier alpha value is -3.07. The van der Waals surface area contributed by atoms with Crippen molar-refractivity contribution in [1.29, 1.82) is 0 Å². The van der Waals surface area contributed by atoms with Crippen molar-refractivity contribution in [2.24, 2.45) is 5.92 Å². The third kappa shape index (κ3) is 3.65. The number of nitrogens with zero attached hydrogens (tertiary/aromatic N) is 4. The molecule has 1 amide bonds. The number of benzene rings is 1. The van der Waals surface area contributed by atoms with Gasteiger partial charge in [0.1, 0.15) is 24.1 Å². The van der Waals surface area contributed by atoms with Crippen LogP contribution in [0, 0.1) is 5.92 Å². The van der Waals surface area contributed by atoms with Gasteiger partial charge in [0.25, 0.3) is 5.91 Å². The standard InChI is InChI=1S/C19H19N5O3S/c1-27-16-8-15-17(9-14(16)22-18(26)13-2-5-20-11-21-13)28-19(23-15)24-6-3-12(10-25)4-7-24/h2,5,8-12H,3-4,6-7H2,1H3,(H,22,26). The van der Waals surface area contributed by atoms with Crippen molar-refractivity contribution in [2.75, 3.05) is 30.4 Å². The number of hydrogen-bond acceptors (Lipinski definition) is 8. The van der Waals surface area contributed by atoms with Gasteiger partial charge in [-0.3, -0.25) is 4.79 Å². The minimum atomic E-state index is -0.333. The summed E-state index contributed by atoms with van der Waals surface area (Å²) in [4.78, 5) is 38.1. The zero-order valence-corrected chi connectivity index (χ0v) is 16.1. The molecule has 2 aromatic heterocycles. The fourth-order valence-electron chi connectivity index (χ4n) is 3.18. The Kier molecular flexibility index (Phi) is 5.16. The summed E-state index contributed by atoms with van der Waals surface area (Å²) in [7, 11) is 1.55. The summed E-state index contributed by atoms with van der Waals surface area (Å²) in [6, 6.07) is 5.24. The van der Waals surface area contributed by atoms with Crippen LogP contribution in [0.4, 0.5) is 10.8 Å². The summed E-state index contributed by atoms with van der Waals surface area (Å²) in [5, 5.41) is 3.76. The number of carbonyl (C=O) groups excluding carboxylic acids is 2. The summed E-state index contributed by atoms with van der Waals surface area (Å²) in [6.45, 7) is 1.63. The minimum Gasteiger partial charge on any atom is -0.494 e. The van der Waals surface area contributed by atoms with E-state index in [1.54, 1.807) is 24.5 Å². The summed E-state index contributed by atoms with van der Waals surface area (Å²) in [6.07, 6.45) is 5.60. The van der Waals surface area contributed by atoms with E-state index in [1.807, 2.05) is 12.1 Å². The number of anilines is 2. The fourth-order valence-corrected chi connectivity index (χ4v) is 4.22. The predicted octanol–water partition coefficient (Wildman–Crippen LogP) is 2.76. The Bertz CT molecular complexity index is 999. The maximum Gasteiger partial charge on any atom is 0.274 e. The van der Waals surface area contributed by atoms with Crippen molar-refractivity contribution in [3.8, 4) is 5.75 Å². The van der Waals surface area contributed by atoms with E-state index in [4.69, 9.17) is 9.72 Å². The summed E-state index contributed by atoms with van der Waals surface area (Å²) in [5.74, 6) is 0.349. The van der Waals surface area contributed by atoms with Gasteiger partial charge in [-0.05, 0) is 25.0 Å². The van der Waals surface area contributed by atoms with Gasteiger partial charge in [0, 0.05) is 31.3 Å². The molecule has 0 saturated carbocycles. The van der Waals surface area contributed by atoms with E-state index in [9.17, 15) is 9.59 Å². The van der Waals surface area contributed by atoms with Crippen molar-refractivity contribution < 1.29 is 14.3 Å². The Morgan fingerprint density at radius 1 is 1.36 bits per heavy atom. The van der Waals surface area contributed by atoms with Crippen LogP contribution < -0.4 is 15.0 Å². The molecule has 1 aromatic carbocycles. The number of rotatable bonds is 5. The lowest BCUT2D eigenvalue weighted by Crippen LogP contribution is -2.33. The molecule has 0 atom stereocenters. The third-order valence-electron chi connectivity index (χ3n) is 4.76. The first-order valence-electron chi connectivity index (χ1n) is 8.94. The van der Waals surface area contributed by atoms with Gasteiger partial charge in [-0.15, -0.1) is 0 Å². The molecule has 3 heterocycles. The number of piperidine rings is 1. The lowest BCUT2D eigenvalue weighted by Gasteiger charge is -2.29. The van der Waals surface area contributed by atoms with Gasteiger partial charge in [0.05, 0.1) is 23.0 Å². The highest BCUT2D eigenvalue weighted by Crippen LogP contribution is 2.37. The topological polar surface area (TPSA) is 97.3 Å². The molecule has 1 saturated heterocycles. The van der Waals surface area contributed by atoms with Crippen LogP contribution in [-0.2, 0) is 4.79 Å². The Labute approximate surface area is 165 Å². The molecule has 3 aromatic rings. The average molecular weight is 397 g/mol. The van der Waals surface area contributed by atoms with Crippen molar-refractivity contribution in [3.05, 3.63) is 36.4 Å². The molecule has 1 aliphatic rings. The number of aromatic nitrogens is 3. The molecule has 0 radical (unpaired) electrons. The largest absolute Gasteiger partial charge is 0.494 e. The van der Waals surface area contributed by atoms with Gasteiger partial charge in [-0.25, -0.2) is 15.0 Å². The number of nitrogens with one attached hydrogen (secondary N) is 1. The second kappa shape index (κ2) is 7.89. The van der Waals surface area contributed by atoms with E-state index in [0.717, 1.165) is 47.6 Å². The van der Waals surface area contributed by atoms with Crippen molar-refractivity contribution in [3.63, 3.8) is 0 Å². The quantitative estimate of drug-likeness (QED) is 0.661. The fraction of sp³-hybridized carbons (Fsp3) is 0.316. The predicted molar refractivity (Wildman–Crippen MR) is 107 cm³/mol. The van der Waals surface area contributed by atoms with Crippen LogP contribution in [0.3, 0.4) is 0 Å². The molecule has 9 heteroatoms. The molecule has 0 aliphatic carbocycles. The zero-order chi connectivity index (χ0) is 19.5. The first kappa shape index (κ1) is 18.3. The maximum atomic E-state index is 12.4. The molecule has 0 spiro atoms. The van der Waals surface area contributed by atoms with Gasteiger partial charge in [0.2, 0.25) is 0 Å². The van der Waals surface area contributed by atoms with Crippen molar-refractivity contribution in [2.45, 2.75) is 12.8 Å². The summed E-state index contributed by atoms with van der Waals surface area (Å²) < 4.78 is 6.39. The molecule has 8 nitrogen and oxygen atoms in total. The van der Waals surface area contributed by atoms with Crippen LogP contribution in [0.25, 0.3) is 10.2 Å². The first-order chi connectivity index (χ1) is 13.7. The number of hydrogen-bond donors (Lipinski definition) is 1. The number of thiazole rings is 1. The second-order valence-electron chi connectivity index (χ2n) is 6.53. The highest BCUT2D eigenvalue weighted by molar-refractivity contribution is 7.22. The van der Waals surface area contributed by atoms with E-state index >= 15 is 0 Å². The summed E-state index contributed by atoms with van der Waals surface area (Å²) in [5.41, 5.74) is 1.66. The van der Waals surface area contributed by atoms with Crippen molar-refractivity contribution in [1.82, 2.24) is 15.0 Å². The molecular weight excluding hydrogens is 378 g/mol. The number of fused-ring (bicyclic) bond motifs is 1. The molecule has 0 unspecified atom stereocenters. The number of aldehydes is 1. The third-order valence-corrected chi connectivity index (χ3v) is 5.84. The Morgan fingerprint density at radius 3 is 2.86 bits per heavy atom. The lowest BCUT2D eigenvalue weighted by molar-refractivity contribution is -0.111. The zero-order valence-electron chi connectivity index (χ0n) is 15.3. The molecule has 1 aliphatic heterocycles. The van der Waals surface area contributed by atoms with Crippen molar-refractivity contribution >= 4 is 44.6 Å². The highest BCUT2D eigenvalue weighted by Gasteiger charge is 2.22. The second-order valence-corrected chi connectivity index (χ2v) is 7.54. The van der Waals surface area contributed by atoms with E-state index in [1.165, 1.54) is 12.5 Å². The molecule has 28 heavy (non-hydrogen) atoms. The summed E-state index contributed by atoms with van der Waals surface area (Å²) >= 11 is 1.56. The van der Waals surface area contributed by atoms with Gasteiger partial charge >= 0.3 is 0 Å². The average Bonchev–Trinajstić information content (AvgIpc) is 3.16. The van der Waals surface area contributed by atoms with Crippen LogP contribution in [0.15, 0.2) is 30.7 Å². The lowest BCUT2D eigenvalue weighted by atomic mass is 9.99. The molecule has 1 fully saturated rings. The van der Waals surface area contributed by atoms with E-state index in [-0.39, 0.29) is 17.5 Å². The molecule has 0 bridgehead atoms. The molecular formula is C19H19N5O3S. The van der Waals surface area contributed by atoms with Crippen LogP contribution in [0.5, 0.6) is 5.75 Å². The van der Waals surface area contributed by atoms with Gasteiger partial charge in [0.15, 0.2) is 5.13 Å². The van der Waals surface area contributed by atoms with E-state index < -0.39 is 0 Å². The Morgan fingerprint density at radius 2 is 2.18 bits per heavy atom.